The molecule has 0 aliphatic carbocycles. The van der Waals surface area contributed by atoms with Gasteiger partial charge in [-0.25, -0.2) is 8.42 Å². The van der Waals surface area contributed by atoms with Crippen molar-refractivity contribution in [2.24, 2.45) is 0 Å². The number of rotatable bonds is 2. The zero-order valence-electron chi connectivity index (χ0n) is 8.86. The number of ether oxygens (including phenoxy) is 2. The highest BCUT2D eigenvalue weighted by Gasteiger charge is 2.46. The molecule has 2 atom stereocenters. The van der Waals surface area contributed by atoms with E-state index in [1.54, 1.807) is 7.11 Å². The molecule has 88 valence electrons. The molecule has 0 amide bonds. The molecule has 0 bridgehead atoms. The first-order valence-electron chi connectivity index (χ1n) is 5.16. The Labute approximate surface area is 90.0 Å². The third-order valence-electron chi connectivity index (χ3n) is 2.95. The van der Waals surface area contributed by atoms with Crippen molar-refractivity contribution >= 4 is 9.84 Å². The number of nitrogens with one attached hydrogen (secondary N) is 1. The minimum Gasteiger partial charge on any atom is -0.383 e. The molecule has 6 heteroatoms. The Balaban J connectivity index is 2.03. The fourth-order valence-corrected chi connectivity index (χ4v) is 4.06. The summed E-state index contributed by atoms with van der Waals surface area (Å²) in [6.45, 7) is 1.21. The van der Waals surface area contributed by atoms with Gasteiger partial charge in [0.2, 0.25) is 0 Å². The summed E-state index contributed by atoms with van der Waals surface area (Å²) in [7, 11) is -1.27. The minimum atomic E-state index is -2.92. The molecule has 0 aromatic heterocycles. The van der Waals surface area contributed by atoms with E-state index in [1.165, 1.54) is 0 Å². The molecule has 2 rings (SSSR count). The van der Waals surface area contributed by atoms with Gasteiger partial charge in [0.25, 0.3) is 0 Å². The normalized spacial score (nSPS) is 39.7. The Morgan fingerprint density at radius 3 is 3.00 bits per heavy atom. The van der Waals surface area contributed by atoms with Crippen molar-refractivity contribution < 1.29 is 17.9 Å². The van der Waals surface area contributed by atoms with E-state index in [9.17, 15) is 8.42 Å². The van der Waals surface area contributed by atoms with Crippen LogP contribution >= 0.6 is 0 Å². The van der Waals surface area contributed by atoms with Gasteiger partial charge in [-0.2, -0.15) is 0 Å². The number of hydrogen-bond acceptors (Lipinski definition) is 5. The maximum Gasteiger partial charge on any atom is 0.154 e. The smallest absolute Gasteiger partial charge is 0.154 e. The van der Waals surface area contributed by atoms with E-state index in [0.717, 1.165) is 6.42 Å². The highest BCUT2D eigenvalue weighted by atomic mass is 32.2. The molecule has 0 radical (unpaired) electrons. The number of methoxy groups -OCH3 is 1. The molecular formula is C9H17NO4S. The molecule has 15 heavy (non-hydrogen) atoms. The number of hydrogen-bond donors (Lipinski definition) is 1. The van der Waals surface area contributed by atoms with Gasteiger partial charge in [0.1, 0.15) is 5.72 Å². The third kappa shape index (κ3) is 2.50. The molecule has 1 spiro atoms. The van der Waals surface area contributed by atoms with E-state index >= 15 is 0 Å². The Bertz CT molecular complexity index is 327. The lowest BCUT2D eigenvalue weighted by molar-refractivity contribution is -0.0996. The molecule has 2 aliphatic heterocycles. The standard InChI is InChI=1S/C9H17NO4S/c1-13-6-8-2-4-14-9(10-8)3-5-15(11,12)7-9/h8,10H,2-7H2,1H3. The summed E-state index contributed by atoms with van der Waals surface area (Å²) in [5.41, 5.74) is -0.639. The van der Waals surface area contributed by atoms with Gasteiger partial charge >= 0.3 is 0 Å². The molecule has 2 heterocycles. The van der Waals surface area contributed by atoms with Gasteiger partial charge < -0.3 is 9.47 Å². The predicted octanol–water partition coefficient (Wildman–Crippen LogP) is -0.474. The molecule has 2 saturated heterocycles. The second-order valence-electron chi connectivity index (χ2n) is 4.27. The van der Waals surface area contributed by atoms with Crippen LogP contribution in [-0.2, 0) is 19.3 Å². The van der Waals surface area contributed by atoms with Crippen LogP contribution in [0.25, 0.3) is 0 Å². The van der Waals surface area contributed by atoms with Gasteiger partial charge in [-0.15, -0.1) is 0 Å². The van der Waals surface area contributed by atoms with Crippen molar-refractivity contribution in [1.29, 1.82) is 0 Å². The lowest BCUT2D eigenvalue weighted by atomic mass is 10.1. The van der Waals surface area contributed by atoms with Crippen molar-refractivity contribution in [3.63, 3.8) is 0 Å². The highest BCUT2D eigenvalue weighted by Crippen LogP contribution is 2.28. The summed E-state index contributed by atoms with van der Waals surface area (Å²) in [6, 6.07) is 0.206. The van der Waals surface area contributed by atoms with Gasteiger partial charge in [0.15, 0.2) is 9.84 Å². The van der Waals surface area contributed by atoms with Crippen molar-refractivity contribution in [3.8, 4) is 0 Å². The molecule has 0 aromatic rings. The van der Waals surface area contributed by atoms with Crippen LogP contribution in [0.3, 0.4) is 0 Å². The molecule has 2 unspecified atom stereocenters. The largest absolute Gasteiger partial charge is 0.383 e. The minimum absolute atomic E-state index is 0.0974. The lowest BCUT2D eigenvalue weighted by Gasteiger charge is -2.38. The Hall–Kier alpha value is -0.170. The average molecular weight is 235 g/mol. The monoisotopic (exact) mass is 235 g/mol. The Morgan fingerprint density at radius 2 is 2.40 bits per heavy atom. The maximum absolute atomic E-state index is 11.4. The Morgan fingerprint density at radius 1 is 1.60 bits per heavy atom. The molecule has 1 N–H and O–H groups in total. The van der Waals surface area contributed by atoms with E-state index < -0.39 is 15.6 Å². The van der Waals surface area contributed by atoms with E-state index in [1.807, 2.05) is 0 Å². The second-order valence-corrected chi connectivity index (χ2v) is 6.45. The first-order valence-corrected chi connectivity index (χ1v) is 6.98. The van der Waals surface area contributed by atoms with Crippen LogP contribution in [0, 0.1) is 0 Å². The molecule has 0 aromatic carbocycles. The van der Waals surface area contributed by atoms with Crippen molar-refractivity contribution in [2.45, 2.75) is 24.6 Å². The quantitative estimate of drug-likeness (QED) is 0.701. The van der Waals surface area contributed by atoms with E-state index in [4.69, 9.17) is 9.47 Å². The first-order chi connectivity index (χ1) is 7.05. The third-order valence-corrected chi connectivity index (χ3v) is 4.68. The van der Waals surface area contributed by atoms with Gasteiger partial charge in [0.05, 0.1) is 24.7 Å². The van der Waals surface area contributed by atoms with Crippen LogP contribution in [0.4, 0.5) is 0 Å². The summed E-state index contributed by atoms with van der Waals surface area (Å²) in [4.78, 5) is 0. The highest BCUT2D eigenvalue weighted by molar-refractivity contribution is 7.91. The summed E-state index contributed by atoms with van der Waals surface area (Å²) in [5, 5.41) is 3.26. The predicted molar refractivity (Wildman–Crippen MR) is 55.4 cm³/mol. The number of sulfone groups is 1. The van der Waals surface area contributed by atoms with Crippen LogP contribution in [0.1, 0.15) is 12.8 Å². The zero-order chi connectivity index (χ0) is 10.9. The van der Waals surface area contributed by atoms with Gasteiger partial charge in [-0.3, -0.25) is 5.32 Å². The van der Waals surface area contributed by atoms with Crippen molar-refractivity contribution in [2.75, 3.05) is 31.8 Å². The molecule has 5 nitrogen and oxygen atoms in total. The summed E-state index contributed by atoms with van der Waals surface area (Å²) in [6.07, 6.45) is 1.42. The lowest BCUT2D eigenvalue weighted by Crippen LogP contribution is -2.58. The van der Waals surface area contributed by atoms with Gasteiger partial charge in [-0.1, -0.05) is 0 Å². The molecule has 0 saturated carbocycles. The molecular weight excluding hydrogens is 218 g/mol. The van der Waals surface area contributed by atoms with Crippen LogP contribution in [0.5, 0.6) is 0 Å². The van der Waals surface area contributed by atoms with E-state index in [-0.39, 0.29) is 17.5 Å². The second kappa shape index (κ2) is 4.01. The van der Waals surface area contributed by atoms with Crippen LogP contribution in [-0.4, -0.2) is 52.0 Å². The molecule has 2 aliphatic rings. The van der Waals surface area contributed by atoms with Crippen LogP contribution < -0.4 is 5.32 Å². The summed E-state index contributed by atoms with van der Waals surface area (Å²) in [5.74, 6) is 0.319. The summed E-state index contributed by atoms with van der Waals surface area (Å²) < 4.78 is 33.5. The van der Waals surface area contributed by atoms with Crippen molar-refractivity contribution in [3.05, 3.63) is 0 Å². The van der Waals surface area contributed by atoms with Crippen LogP contribution in [0.2, 0.25) is 0 Å². The van der Waals surface area contributed by atoms with Gasteiger partial charge in [-0.05, 0) is 6.42 Å². The van der Waals surface area contributed by atoms with Crippen molar-refractivity contribution in [1.82, 2.24) is 5.32 Å². The van der Waals surface area contributed by atoms with Crippen LogP contribution in [0.15, 0.2) is 0 Å². The van der Waals surface area contributed by atoms with Gasteiger partial charge in [0, 0.05) is 19.6 Å². The zero-order valence-corrected chi connectivity index (χ0v) is 9.68. The first kappa shape index (κ1) is 11.3. The average Bonchev–Trinajstić information content (AvgIpc) is 2.42. The Kier molecular flexibility index (Phi) is 3.03. The fourth-order valence-electron chi connectivity index (χ4n) is 2.26. The topological polar surface area (TPSA) is 64.6 Å². The SMILES string of the molecule is COCC1CCOC2(CCS(=O)(=O)C2)N1. The van der Waals surface area contributed by atoms with E-state index in [2.05, 4.69) is 5.32 Å². The maximum atomic E-state index is 11.4. The summed E-state index contributed by atoms with van der Waals surface area (Å²) >= 11 is 0. The van der Waals surface area contributed by atoms with E-state index in [0.29, 0.717) is 19.6 Å². The molecule has 2 fully saturated rings. The fraction of sp³-hybridized carbons (Fsp3) is 1.00.